The van der Waals surface area contributed by atoms with E-state index >= 15 is 0 Å². The van der Waals surface area contributed by atoms with Crippen molar-refractivity contribution < 1.29 is 23.9 Å². The summed E-state index contributed by atoms with van der Waals surface area (Å²) in [5, 5.41) is 16.1. The number of hydrogen-bond acceptors (Lipinski definition) is 9. The van der Waals surface area contributed by atoms with E-state index in [1.165, 1.54) is 14.9 Å². The van der Waals surface area contributed by atoms with Crippen molar-refractivity contribution in [2.45, 2.75) is 44.3 Å². The Bertz CT molecular complexity index is 1780. The molecule has 11 heteroatoms. The van der Waals surface area contributed by atoms with Crippen molar-refractivity contribution in [2.75, 3.05) is 25.7 Å². The van der Waals surface area contributed by atoms with E-state index in [9.17, 15) is 14.4 Å². The third-order valence-electron chi connectivity index (χ3n) is 9.18. The average molecular weight is 619 g/mol. The first kappa shape index (κ1) is 29.4. The monoisotopic (exact) mass is 618 g/mol. The smallest absolute Gasteiger partial charge is 0.264 e. The van der Waals surface area contributed by atoms with Crippen molar-refractivity contribution in [1.29, 1.82) is 0 Å². The van der Waals surface area contributed by atoms with Crippen LogP contribution in [0.25, 0.3) is 6.08 Å². The lowest BCUT2D eigenvalue weighted by atomic mass is 9.77. The molecule has 46 heavy (non-hydrogen) atoms. The maximum atomic E-state index is 14.2. The van der Waals surface area contributed by atoms with E-state index in [-0.39, 0.29) is 24.4 Å². The molecule has 1 saturated heterocycles. The first-order valence-electron chi connectivity index (χ1n) is 15.4. The molecule has 0 bridgehead atoms. The highest BCUT2D eigenvalue weighted by atomic mass is 16.5. The zero-order valence-corrected chi connectivity index (χ0v) is 25.9. The predicted molar refractivity (Wildman–Crippen MR) is 171 cm³/mol. The fourth-order valence-corrected chi connectivity index (χ4v) is 6.86. The largest absolute Gasteiger partial charge is 0.497 e. The number of benzene rings is 3. The van der Waals surface area contributed by atoms with Gasteiger partial charge in [0.15, 0.2) is 12.1 Å². The van der Waals surface area contributed by atoms with Gasteiger partial charge in [0.1, 0.15) is 18.0 Å². The van der Waals surface area contributed by atoms with Crippen LogP contribution in [0.5, 0.6) is 11.5 Å². The van der Waals surface area contributed by atoms with Crippen molar-refractivity contribution in [3.05, 3.63) is 95.1 Å². The van der Waals surface area contributed by atoms with Crippen molar-refractivity contribution in [3.63, 3.8) is 0 Å². The van der Waals surface area contributed by atoms with Gasteiger partial charge >= 0.3 is 0 Å². The Labute approximate surface area is 266 Å². The number of fused-ring (bicyclic) bond motifs is 2. The van der Waals surface area contributed by atoms with Gasteiger partial charge in [-0.05, 0) is 84.9 Å². The van der Waals surface area contributed by atoms with E-state index < -0.39 is 23.9 Å². The molecule has 1 aliphatic carbocycles. The number of amides is 3. The Balaban J connectivity index is 1.19. The van der Waals surface area contributed by atoms with Gasteiger partial charge < -0.3 is 9.47 Å². The van der Waals surface area contributed by atoms with Crippen LogP contribution in [0.3, 0.4) is 0 Å². The second-order valence-corrected chi connectivity index (χ2v) is 11.9. The number of para-hydroxylation sites is 1. The molecule has 7 rings (SSSR count). The third kappa shape index (κ3) is 5.01. The minimum Gasteiger partial charge on any atom is -0.497 e. The van der Waals surface area contributed by atoms with Crippen LogP contribution in [0.1, 0.15) is 42.0 Å². The van der Waals surface area contributed by atoms with Crippen molar-refractivity contribution >= 4 is 35.2 Å². The number of ether oxygens (including phenoxy) is 2. The molecule has 4 atom stereocenters. The lowest BCUT2D eigenvalue weighted by molar-refractivity contribution is -0.136. The number of carbonyl (C=O) groups excluding carboxylic acids is 3. The van der Waals surface area contributed by atoms with E-state index in [0.717, 1.165) is 58.7 Å². The molecule has 4 aliphatic rings. The van der Waals surface area contributed by atoms with Crippen LogP contribution in [0.4, 0.5) is 5.69 Å². The standard InChI is InChI=1S/C35H34N6O5/c1-21-7-4-5-10-28(21)40-34(43)31-33(35(40)44)39(38-36-31)20-29(42)41-32(23-13-17-26(46-3)18-14-23)27-9-6-8-24(30(27)37-41)19-22-11-15-25(45-2)16-12-22/h4-5,7,10-19,27,31-33H,6,8-9,20H2,1-3H3/b24-19+/t27-,31-,32-,33-/m1/s1. The molecule has 0 aromatic heterocycles. The lowest BCUT2D eigenvalue weighted by Gasteiger charge is -2.30. The topological polar surface area (TPSA) is 116 Å². The van der Waals surface area contributed by atoms with Crippen LogP contribution in [0.2, 0.25) is 0 Å². The predicted octanol–water partition coefficient (Wildman–Crippen LogP) is 5.13. The van der Waals surface area contributed by atoms with E-state index in [1.54, 1.807) is 26.4 Å². The molecule has 0 unspecified atom stereocenters. The van der Waals surface area contributed by atoms with Gasteiger partial charge in [0, 0.05) is 5.92 Å². The Kier molecular flexibility index (Phi) is 7.59. The van der Waals surface area contributed by atoms with Gasteiger partial charge in [-0.15, -0.1) is 0 Å². The van der Waals surface area contributed by atoms with E-state index in [0.29, 0.717) is 5.69 Å². The Morgan fingerprint density at radius 1 is 0.913 bits per heavy atom. The average Bonchev–Trinajstić information content (AvgIpc) is 3.75. The van der Waals surface area contributed by atoms with Crippen LogP contribution >= 0.6 is 0 Å². The molecule has 234 valence electrons. The van der Waals surface area contributed by atoms with Crippen LogP contribution < -0.4 is 14.4 Å². The molecule has 11 nitrogen and oxygen atoms in total. The summed E-state index contributed by atoms with van der Waals surface area (Å²) in [7, 11) is 3.26. The molecule has 0 N–H and O–H groups in total. The summed E-state index contributed by atoms with van der Waals surface area (Å²) in [6.45, 7) is 1.59. The SMILES string of the molecule is COc1ccc(/C=C2\CCC[C@@H]3C2=NN(C(=O)CN2N=N[C@H]4C(=O)N(c5ccccc5C)C(=O)[C@@H]42)[C@@H]3c2ccc(OC)cc2)cc1. The van der Waals surface area contributed by atoms with Crippen molar-refractivity contribution in [2.24, 2.45) is 21.4 Å². The number of nitrogens with zero attached hydrogens (tertiary/aromatic N) is 6. The van der Waals surface area contributed by atoms with Gasteiger partial charge in [0.25, 0.3) is 17.7 Å². The van der Waals surface area contributed by atoms with Crippen molar-refractivity contribution in [3.8, 4) is 11.5 Å². The lowest BCUT2D eigenvalue weighted by Crippen LogP contribution is -2.45. The Morgan fingerprint density at radius 2 is 1.61 bits per heavy atom. The number of carbonyl (C=O) groups is 3. The zero-order valence-electron chi connectivity index (χ0n) is 25.9. The minimum absolute atomic E-state index is 0.0187. The van der Waals surface area contributed by atoms with Crippen LogP contribution in [-0.4, -0.2) is 66.3 Å². The summed E-state index contributed by atoms with van der Waals surface area (Å²) in [5.74, 6) is 0.259. The summed E-state index contributed by atoms with van der Waals surface area (Å²) >= 11 is 0. The van der Waals surface area contributed by atoms with Crippen LogP contribution in [0, 0.1) is 12.8 Å². The summed E-state index contributed by atoms with van der Waals surface area (Å²) < 4.78 is 10.7. The van der Waals surface area contributed by atoms with Crippen molar-refractivity contribution in [1.82, 2.24) is 10.0 Å². The molecule has 3 aromatic rings. The zero-order chi connectivity index (χ0) is 31.9. The Hall–Kier alpha value is -5.32. The summed E-state index contributed by atoms with van der Waals surface area (Å²) in [6, 6.07) is 20.4. The first-order valence-corrected chi connectivity index (χ1v) is 15.4. The molecular formula is C35H34N6O5. The molecule has 3 heterocycles. The third-order valence-corrected chi connectivity index (χ3v) is 9.18. The second-order valence-electron chi connectivity index (χ2n) is 11.9. The van der Waals surface area contributed by atoms with Gasteiger partial charge in [-0.1, -0.05) is 47.7 Å². The summed E-state index contributed by atoms with van der Waals surface area (Å²) in [6.07, 6.45) is 4.79. The van der Waals surface area contributed by atoms with Gasteiger partial charge in [0.2, 0.25) is 0 Å². The van der Waals surface area contributed by atoms with Crippen LogP contribution in [-0.2, 0) is 14.4 Å². The molecule has 0 radical (unpaired) electrons. The highest BCUT2D eigenvalue weighted by Gasteiger charge is 2.56. The van der Waals surface area contributed by atoms with E-state index in [2.05, 4.69) is 16.4 Å². The first-order chi connectivity index (χ1) is 22.4. The maximum absolute atomic E-state index is 14.2. The molecule has 3 amide bonds. The molecular weight excluding hydrogens is 584 g/mol. The molecule has 1 saturated carbocycles. The van der Waals surface area contributed by atoms with E-state index in [1.807, 2.05) is 67.6 Å². The maximum Gasteiger partial charge on any atom is 0.264 e. The van der Waals surface area contributed by atoms with E-state index in [4.69, 9.17) is 14.6 Å². The summed E-state index contributed by atoms with van der Waals surface area (Å²) in [5.41, 5.74) is 5.23. The quantitative estimate of drug-likeness (QED) is 0.339. The fraction of sp³-hybridized carbons (Fsp3) is 0.314. The van der Waals surface area contributed by atoms with Gasteiger partial charge in [-0.3, -0.25) is 19.4 Å². The molecule has 3 aliphatic heterocycles. The molecule has 0 spiro atoms. The number of methoxy groups -OCH3 is 2. The molecule has 2 fully saturated rings. The molecule has 3 aromatic carbocycles. The number of rotatable bonds is 7. The number of aryl methyl sites for hydroxylation is 1. The number of imide groups is 1. The number of hydrogen-bond donors (Lipinski definition) is 0. The van der Waals surface area contributed by atoms with Gasteiger partial charge in [-0.25, -0.2) is 9.91 Å². The Morgan fingerprint density at radius 3 is 2.30 bits per heavy atom. The highest BCUT2D eigenvalue weighted by molar-refractivity contribution is 6.25. The summed E-state index contributed by atoms with van der Waals surface area (Å²) in [4.78, 5) is 42.3. The normalized spacial score (nSPS) is 24.4. The highest BCUT2D eigenvalue weighted by Crippen LogP contribution is 2.45. The number of allylic oxidation sites excluding steroid dienone is 1. The number of hydrazone groups is 1. The minimum atomic E-state index is -0.996. The van der Waals surface area contributed by atoms with Gasteiger partial charge in [-0.2, -0.15) is 10.2 Å². The van der Waals surface area contributed by atoms with Gasteiger partial charge in [0.05, 0.1) is 31.7 Å². The second kappa shape index (κ2) is 11.9. The van der Waals surface area contributed by atoms with Crippen LogP contribution in [0.15, 0.2) is 93.8 Å². The fourth-order valence-electron chi connectivity index (χ4n) is 6.86. The number of anilines is 1.